The van der Waals surface area contributed by atoms with Gasteiger partial charge in [0.1, 0.15) is 5.75 Å². The molecule has 1 aliphatic rings. The number of aromatic nitrogens is 1. The Labute approximate surface area is 153 Å². The molecule has 134 valence electrons. The van der Waals surface area contributed by atoms with E-state index in [1.807, 2.05) is 29.2 Å². The Morgan fingerprint density at radius 2 is 2.08 bits per heavy atom. The molecule has 1 aromatic heterocycles. The van der Waals surface area contributed by atoms with E-state index >= 15 is 0 Å². The minimum Gasteiger partial charge on any atom is -0.497 e. The van der Waals surface area contributed by atoms with Gasteiger partial charge in [-0.05, 0) is 18.6 Å². The molecule has 25 heavy (non-hydrogen) atoms. The van der Waals surface area contributed by atoms with Crippen LogP contribution in [0.4, 0.5) is 5.13 Å². The van der Waals surface area contributed by atoms with Crippen molar-refractivity contribution in [1.82, 2.24) is 9.88 Å². The lowest BCUT2D eigenvalue weighted by molar-refractivity contribution is -0.131. The van der Waals surface area contributed by atoms with E-state index in [1.165, 1.54) is 0 Å². The van der Waals surface area contributed by atoms with E-state index in [1.54, 1.807) is 18.4 Å². The number of unbranched alkanes of at least 4 members (excludes halogenated alkanes) is 1. The van der Waals surface area contributed by atoms with Crippen LogP contribution in [-0.4, -0.2) is 49.1 Å². The maximum Gasteiger partial charge on any atom is 0.222 e. The first kappa shape index (κ1) is 17.7. The number of carbonyl (C=O) groups is 1. The van der Waals surface area contributed by atoms with E-state index in [-0.39, 0.29) is 5.91 Å². The summed E-state index contributed by atoms with van der Waals surface area (Å²) in [6.07, 6.45) is 2.72. The predicted octanol–water partition coefficient (Wildman–Crippen LogP) is 3.66. The fraction of sp³-hybridized carbons (Fsp3) is 0.474. The minimum atomic E-state index is 0.290. The van der Waals surface area contributed by atoms with Gasteiger partial charge in [0, 0.05) is 43.5 Å². The topological polar surface area (TPSA) is 45.7 Å². The number of hydrogen-bond acceptors (Lipinski definition) is 5. The van der Waals surface area contributed by atoms with Gasteiger partial charge in [0.15, 0.2) is 5.13 Å². The number of benzene rings is 1. The van der Waals surface area contributed by atoms with E-state index in [9.17, 15) is 4.79 Å². The normalized spacial score (nSPS) is 14.6. The number of carbonyl (C=O) groups excluding carboxylic acids is 1. The second kappa shape index (κ2) is 8.34. The highest BCUT2D eigenvalue weighted by molar-refractivity contribution is 7.14. The van der Waals surface area contributed by atoms with Crippen LogP contribution in [0.3, 0.4) is 0 Å². The van der Waals surface area contributed by atoms with Crippen molar-refractivity contribution in [3.8, 4) is 17.0 Å². The fourth-order valence-corrected chi connectivity index (χ4v) is 3.85. The quantitative estimate of drug-likeness (QED) is 0.790. The summed E-state index contributed by atoms with van der Waals surface area (Å²) in [6.45, 7) is 5.40. The van der Waals surface area contributed by atoms with Crippen LogP contribution in [0.15, 0.2) is 29.6 Å². The van der Waals surface area contributed by atoms with E-state index in [0.717, 1.165) is 61.2 Å². The van der Waals surface area contributed by atoms with Gasteiger partial charge in [-0.25, -0.2) is 4.98 Å². The number of ether oxygens (including phenoxy) is 1. The van der Waals surface area contributed by atoms with E-state index in [2.05, 4.69) is 17.2 Å². The Kier molecular flexibility index (Phi) is 5.91. The minimum absolute atomic E-state index is 0.290. The molecule has 0 spiro atoms. The molecule has 3 rings (SSSR count). The summed E-state index contributed by atoms with van der Waals surface area (Å²) in [4.78, 5) is 21.2. The summed E-state index contributed by atoms with van der Waals surface area (Å²) in [5.74, 6) is 1.13. The maximum absolute atomic E-state index is 12.1. The Morgan fingerprint density at radius 3 is 2.80 bits per heavy atom. The zero-order valence-electron chi connectivity index (χ0n) is 14.9. The van der Waals surface area contributed by atoms with Crippen molar-refractivity contribution in [3.05, 3.63) is 29.6 Å². The highest BCUT2D eigenvalue weighted by Crippen LogP contribution is 2.29. The zero-order valence-corrected chi connectivity index (χ0v) is 15.7. The molecule has 1 aromatic carbocycles. The van der Waals surface area contributed by atoms with Crippen molar-refractivity contribution < 1.29 is 9.53 Å². The van der Waals surface area contributed by atoms with Gasteiger partial charge >= 0.3 is 0 Å². The molecule has 1 aliphatic heterocycles. The Bertz CT molecular complexity index is 708. The molecule has 0 atom stereocenters. The third-order valence-corrected chi connectivity index (χ3v) is 5.41. The average Bonchev–Trinajstić information content (AvgIpc) is 3.16. The molecule has 0 unspecified atom stereocenters. The number of amides is 1. The molecule has 1 amide bonds. The predicted molar refractivity (Wildman–Crippen MR) is 102 cm³/mol. The molecule has 0 bridgehead atoms. The van der Waals surface area contributed by atoms with Gasteiger partial charge in [-0.3, -0.25) is 4.79 Å². The van der Waals surface area contributed by atoms with Gasteiger partial charge in [0.05, 0.1) is 12.8 Å². The molecule has 0 aliphatic carbocycles. The van der Waals surface area contributed by atoms with Gasteiger partial charge in [0.25, 0.3) is 0 Å². The van der Waals surface area contributed by atoms with Crippen LogP contribution in [0.1, 0.15) is 26.2 Å². The summed E-state index contributed by atoms with van der Waals surface area (Å²) >= 11 is 1.66. The van der Waals surface area contributed by atoms with Crippen LogP contribution in [-0.2, 0) is 4.79 Å². The molecule has 1 fully saturated rings. The smallest absolute Gasteiger partial charge is 0.222 e. The molecule has 0 N–H and O–H groups in total. The summed E-state index contributed by atoms with van der Waals surface area (Å²) in [6, 6.07) is 7.97. The number of piperazine rings is 1. The van der Waals surface area contributed by atoms with Crippen LogP contribution in [0.2, 0.25) is 0 Å². The number of anilines is 1. The number of thiazole rings is 1. The van der Waals surface area contributed by atoms with Crippen LogP contribution in [0.5, 0.6) is 5.75 Å². The van der Waals surface area contributed by atoms with Crippen molar-refractivity contribution in [2.24, 2.45) is 0 Å². The van der Waals surface area contributed by atoms with E-state index in [0.29, 0.717) is 6.42 Å². The van der Waals surface area contributed by atoms with Crippen molar-refractivity contribution in [1.29, 1.82) is 0 Å². The highest BCUT2D eigenvalue weighted by atomic mass is 32.1. The fourth-order valence-electron chi connectivity index (χ4n) is 2.96. The lowest BCUT2D eigenvalue weighted by Gasteiger charge is -2.34. The first-order chi connectivity index (χ1) is 12.2. The second-order valence-electron chi connectivity index (χ2n) is 6.22. The summed E-state index contributed by atoms with van der Waals surface area (Å²) in [7, 11) is 1.67. The van der Waals surface area contributed by atoms with Gasteiger partial charge in [0.2, 0.25) is 5.91 Å². The van der Waals surface area contributed by atoms with Crippen LogP contribution in [0, 0.1) is 0 Å². The Balaban J connectivity index is 1.61. The van der Waals surface area contributed by atoms with Gasteiger partial charge in [-0.1, -0.05) is 25.5 Å². The first-order valence-electron chi connectivity index (χ1n) is 8.84. The lowest BCUT2D eigenvalue weighted by Crippen LogP contribution is -2.48. The molecular formula is C19H25N3O2S. The average molecular weight is 359 g/mol. The number of rotatable bonds is 6. The number of hydrogen-bond donors (Lipinski definition) is 0. The summed E-state index contributed by atoms with van der Waals surface area (Å²) < 4.78 is 5.29. The lowest BCUT2D eigenvalue weighted by atomic mass is 10.2. The molecule has 0 radical (unpaired) electrons. The van der Waals surface area contributed by atoms with Gasteiger partial charge in [-0.15, -0.1) is 11.3 Å². The SMILES string of the molecule is CCCCC(=O)N1CCN(c2nc(-c3cccc(OC)c3)cs2)CC1. The zero-order chi connectivity index (χ0) is 17.6. The Hall–Kier alpha value is -2.08. The number of methoxy groups -OCH3 is 1. The summed E-state index contributed by atoms with van der Waals surface area (Å²) in [5.41, 5.74) is 2.04. The molecule has 0 saturated carbocycles. The summed E-state index contributed by atoms with van der Waals surface area (Å²) in [5, 5.41) is 3.11. The van der Waals surface area contributed by atoms with E-state index < -0.39 is 0 Å². The monoisotopic (exact) mass is 359 g/mol. The standard InChI is InChI=1S/C19H25N3O2S/c1-3-4-8-18(23)21-9-11-22(12-10-21)19-20-17(14-25-19)15-6-5-7-16(13-15)24-2/h5-7,13-14H,3-4,8-12H2,1-2H3. The number of nitrogens with zero attached hydrogens (tertiary/aromatic N) is 3. The van der Waals surface area contributed by atoms with Crippen LogP contribution < -0.4 is 9.64 Å². The molecule has 6 heteroatoms. The van der Waals surface area contributed by atoms with Crippen LogP contribution in [0.25, 0.3) is 11.3 Å². The second-order valence-corrected chi connectivity index (χ2v) is 7.06. The van der Waals surface area contributed by atoms with E-state index in [4.69, 9.17) is 9.72 Å². The third kappa shape index (κ3) is 4.31. The van der Waals surface area contributed by atoms with Crippen molar-refractivity contribution >= 4 is 22.4 Å². The first-order valence-corrected chi connectivity index (χ1v) is 9.72. The van der Waals surface area contributed by atoms with Crippen molar-refractivity contribution in [3.63, 3.8) is 0 Å². The molecule has 5 nitrogen and oxygen atoms in total. The van der Waals surface area contributed by atoms with Crippen molar-refractivity contribution in [2.75, 3.05) is 38.2 Å². The Morgan fingerprint density at radius 1 is 1.28 bits per heavy atom. The van der Waals surface area contributed by atoms with Crippen LogP contribution >= 0.6 is 11.3 Å². The molecule has 1 saturated heterocycles. The maximum atomic E-state index is 12.1. The van der Waals surface area contributed by atoms with Crippen molar-refractivity contribution in [2.45, 2.75) is 26.2 Å². The van der Waals surface area contributed by atoms with Gasteiger partial charge in [-0.2, -0.15) is 0 Å². The molecular weight excluding hydrogens is 334 g/mol. The molecule has 2 aromatic rings. The third-order valence-electron chi connectivity index (χ3n) is 4.50. The highest BCUT2D eigenvalue weighted by Gasteiger charge is 2.22. The molecule has 2 heterocycles. The van der Waals surface area contributed by atoms with Gasteiger partial charge < -0.3 is 14.5 Å². The largest absolute Gasteiger partial charge is 0.497 e.